The molecule has 1 aromatic carbocycles. The second-order valence-electron chi connectivity index (χ2n) is 5.80. The zero-order chi connectivity index (χ0) is 15.0. The van der Waals surface area contributed by atoms with Gasteiger partial charge in [0.15, 0.2) is 0 Å². The number of fused-ring (bicyclic) bond motifs is 2. The Morgan fingerprint density at radius 3 is 2.67 bits per heavy atom. The van der Waals surface area contributed by atoms with Crippen LogP contribution in [0.3, 0.4) is 0 Å². The van der Waals surface area contributed by atoms with Crippen LogP contribution >= 0.6 is 15.9 Å². The molecule has 2 aliphatic rings. The minimum absolute atomic E-state index is 0.0297. The quantitative estimate of drug-likeness (QED) is 0.876. The van der Waals surface area contributed by atoms with Crippen molar-refractivity contribution in [2.45, 2.75) is 43.9 Å². The highest BCUT2D eigenvalue weighted by Crippen LogP contribution is 2.35. The maximum absolute atomic E-state index is 13.0. The number of carbonyl (C=O) groups is 1. The van der Waals surface area contributed by atoms with Gasteiger partial charge in [-0.2, -0.15) is 0 Å². The summed E-state index contributed by atoms with van der Waals surface area (Å²) in [6, 6.07) is 5.18. The van der Waals surface area contributed by atoms with Crippen LogP contribution in [-0.4, -0.2) is 36.2 Å². The SMILES string of the molecule is CN1C2CCC1CC(OC(=O)Nc1ccc(F)cc1Br)C2. The van der Waals surface area contributed by atoms with Gasteiger partial charge in [0.2, 0.25) is 0 Å². The smallest absolute Gasteiger partial charge is 0.411 e. The Hall–Kier alpha value is -1.14. The van der Waals surface area contributed by atoms with Gasteiger partial charge in [0.25, 0.3) is 0 Å². The molecule has 0 aliphatic carbocycles. The van der Waals surface area contributed by atoms with E-state index in [1.165, 1.54) is 31.0 Å². The van der Waals surface area contributed by atoms with Crippen molar-refractivity contribution in [1.29, 1.82) is 0 Å². The lowest BCUT2D eigenvalue weighted by molar-refractivity contribution is 0.0348. The van der Waals surface area contributed by atoms with Crippen molar-refractivity contribution in [3.63, 3.8) is 0 Å². The number of benzene rings is 1. The zero-order valence-corrected chi connectivity index (χ0v) is 13.4. The molecule has 6 heteroatoms. The molecule has 2 bridgehead atoms. The Balaban J connectivity index is 1.57. The second-order valence-corrected chi connectivity index (χ2v) is 6.65. The number of hydrogen-bond acceptors (Lipinski definition) is 3. The molecule has 1 amide bonds. The van der Waals surface area contributed by atoms with Crippen LogP contribution in [0.25, 0.3) is 0 Å². The van der Waals surface area contributed by atoms with Crippen molar-refractivity contribution < 1.29 is 13.9 Å². The van der Waals surface area contributed by atoms with E-state index in [0.29, 0.717) is 22.2 Å². The molecule has 0 saturated carbocycles. The third kappa shape index (κ3) is 3.21. The van der Waals surface area contributed by atoms with Gasteiger partial charge in [0.05, 0.1) is 5.69 Å². The van der Waals surface area contributed by atoms with Gasteiger partial charge in [-0.25, -0.2) is 9.18 Å². The number of anilines is 1. The fourth-order valence-corrected chi connectivity index (χ4v) is 3.79. The molecule has 2 unspecified atom stereocenters. The maximum atomic E-state index is 13.0. The molecule has 4 nitrogen and oxygen atoms in total. The normalized spacial score (nSPS) is 28.4. The van der Waals surface area contributed by atoms with Crippen LogP contribution in [0.4, 0.5) is 14.9 Å². The fourth-order valence-electron chi connectivity index (χ4n) is 3.34. The molecule has 114 valence electrons. The summed E-state index contributed by atoms with van der Waals surface area (Å²) in [6.07, 6.45) is 3.66. The van der Waals surface area contributed by atoms with Crippen molar-refractivity contribution in [2.24, 2.45) is 0 Å². The Morgan fingerprint density at radius 2 is 2.05 bits per heavy atom. The first-order valence-corrected chi connectivity index (χ1v) is 7.97. The maximum Gasteiger partial charge on any atom is 0.411 e. The summed E-state index contributed by atoms with van der Waals surface area (Å²) in [7, 11) is 2.15. The number of hydrogen-bond donors (Lipinski definition) is 1. The van der Waals surface area contributed by atoms with Gasteiger partial charge < -0.3 is 9.64 Å². The highest BCUT2D eigenvalue weighted by Gasteiger charge is 2.39. The Bertz CT molecular complexity index is 540. The highest BCUT2D eigenvalue weighted by molar-refractivity contribution is 9.10. The minimum Gasteiger partial charge on any atom is -0.446 e. The van der Waals surface area contributed by atoms with Gasteiger partial charge in [-0.05, 0) is 54.0 Å². The lowest BCUT2D eigenvalue weighted by atomic mass is 10.0. The minimum atomic E-state index is -0.476. The van der Waals surface area contributed by atoms with Gasteiger partial charge in [0, 0.05) is 29.4 Å². The van der Waals surface area contributed by atoms with Crippen molar-refractivity contribution in [2.75, 3.05) is 12.4 Å². The average Bonchev–Trinajstić information content (AvgIpc) is 2.64. The summed E-state index contributed by atoms with van der Waals surface area (Å²) in [4.78, 5) is 14.4. The van der Waals surface area contributed by atoms with Crippen LogP contribution in [0, 0.1) is 5.82 Å². The van der Waals surface area contributed by atoms with E-state index in [1.54, 1.807) is 0 Å². The molecule has 0 radical (unpaired) electrons. The Labute approximate surface area is 131 Å². The Kier molecular flexibility index (Phi) is 4.17. The molecule has 2 saturated heterocycles. The molecule has 1 aromatic rings. The molecular weight excluding hydrogens is 339 g/mol. The number of piperidine rings is 1. The number of nitrogens with one attached hydrogen (secondary N) is 1. The summed E-state index contributed by atoms with van der Waals surface area (Å²) in [5.74, 6) is -0.354. The van der Waals surface area contributed by atoms with Gasteiger partial charge >= 0.3 is 6.09 Å². The van der Waals surface area contributed by atoms with E-state index < -0.39 is 6.09 Å². The summed E-state index contributed by atoms with van der Waals surface area (Å²) < 4.78 is 19.0. The highest BCUT2D eigenvalue weighted by atomic mass is 79.9. The van der Waals surface area contributed by atoms with Crippen LogP contribution in [-0.2, 0) is 4.74 Å². The molecule has 3 rings (SSSR count). The van der Waals surface area contributed by atoms with E-state index in [2.05, 4.69) is 33.2 Å². The van der Waals surface area contributed by atoms with E-state index in [0.717, 1.165) is 12.8 Å². The van der Waals surface area contributed by atoms with Crippen LogP contribution in [0.5, 0.6) is 0 Å². The van der Waals surface area contributed by atoms with Crippen LogP contribution in [0.1, 0.15) is 25.7 Å². The molecule has 2 fully saturated rings. The van der Waals surface area contributed by atoms with Gasteiger partial charge in [-0.3, -0.25) is 5.32 Å². The van der Waals surface area contributed by atoms with Crippen molar-refractivity contribution >= 4 is 27.7 Å². The lowest BCUT2D eigenvalue weighted by Gasteiger charge is -2.35. The van der Waals surface area contributed by atoms with Crippen molar-refractivity contribution in [1.82, 2.24) is 4.90 Å². The standard InChI is InChI=1S/C15H18BrFN2O2/c1-19-10-3-4-11(19)8-12(7-10)21-15(20)18-14-5-2-9(17)6-13(14)16/h2,5-6,10-12H,3-4,7-8H2,1H3,(H,18,20). The van der Waals surface area contributed by atoms with E-state index in [-0.39, 0.29) is 11.9 Å². The number of ether oxygens (including phenoxy) is 1. The first kappa shape index (κ1) is 14.8. The molecule has 2 heterocycles. The molecular formula is C15H18BrFN2O2. The zero-order valence-electron chi connectivity index (χ0n) is 11.8. The van der Waals surface area contributed by atoms with E-state index in [9.17, 15) is 9.18 Å². The van der Waals surface area contributed by atoms with Crippen molar-refractivity contribution in [3.8, 4) is 0 Å². The summed E-state index contributed by atoms with van der Waals surface area (Å²) in [6.45, 7) is 0. The largest absolute Gasteiger partial charge is 0.446 e. The number of nitrogens with zero attached hydrogens (tertiary/aromatic N) is 1. The number of halogens is 2. The van der Waals surface area contributed by atoms with E-state index in [1.807, 2.05) is 0 Å². The fraction of sp³-hybridized carbons (Fsp3) is 0.533. The summed E-state index contributed by atoms with van der Waals surface area (Å²) >= 11 is 3.22. The third-order valence-electron chi connectivity index (χ3n) is 4.50. The van der Waals surface area contributed by atoms with E-state index in [4.69, 9.17) is 4.74 Å². The Morgan fingerprint density at radius 1 is 1.38 bits per heavy atom. The van der Waals surface area contributed by atoms with Crippen LogP contribution < -0.4 is 5.32 Å². The van der Waals surface area contributed by atoms with Gasteiger partial charge in [0.1, 0.15) is 11.9 Å². The van der Waals surface area contributed by atoms with Gasteiger partial charge in [-0.15, -0.1) is 0 Å². The predicted molar refractivity (Wildman–Crippen MR) is 81.8 cm³/mol. The summed E-state index contributed by atoms with van der Waals surface area (Å²) in [5, 5.41) is 2.66. The lowest BCUT2D eigenvalue weighted by Crippen LogP contribution is -2.43. The number of carbonyl (C=O) groups excluding carboxylic acids is 1. The molecule has 0 aromatic heterocycles. The molecule has 2 atom stereocenters. The molecule has 21 heavy (non-hydrogen) atoms. The first-order chi connectivity index (χ1) is 10.0. The monoisotopic (exact) mass is 356 g/mol. The molecule has 0 spiro atoms. The molecule has 2 aliphatic heterocycles. The second kappa shape index (κ2) is 5.93. The van der Waals surface area contributed by atoms with E-state index >= 15 is 0 Å². The third-order valence-corrected chi connectivity index (χ3v) is 5.15. The topological polar surface area (TPSA) is 41.6 Å². The number of amides is 1. The van der Waals surface area contributed by atoms with Crippen LogP contribution in [0.15, 0.2) is 22.7 Å². The first-order valence-electron chi connectivity index (χ1n) is 7.17. The van der Waals surface area contributed by atoms with Crippen molar-refractivity contribution in [3.05, 3.63) is 28.5 Å². The van der Waals surface area contributed by atoms with Gasteiger partial charge in [-0.1, -0.05) is 0 Å². The summed E-state index contributed by atoms with van der Waals surface area (Å²) in [5.41, 5.74) is 0.511. The predicted octanol–water partition coefficient (Wildman–Crippen LogP) is 3.76. The molecule has 1 N–H and O–H groups in total. The average molecular weight is 357 g/mol. The van der Waals surface area contributed by atoms with Crippen LogP contribution in [0.2, 0.25) is 0 Å². The number of rotatable bonds is 2.